The van der Waals surface area contributed by atoms with Crippen LogP contribution in [0.1, 0.15) is 35.6 Å². The minimum Gasteiger partial charge on any atom is -0.309 e. The zero-order valence-corrected chi connectivity index (χ0v) is 12.3. The Hall–Kier alpha value is -1.64. The van der Waals surface area contributed by atoms with E-state index in [2.05, 4.69) is 66.2 Å². The van der Waals surface area contributed by atoms with E-state index in [1.165, 1.54) is 26.8 Å². The van der Waals surface area contributed by atoms with Crippen LogP contribution in [-0.4, -0.2) is 6.54 Å². The van der Waals surface area contributed by atoms with Crippen LogP contribution in [0.15, 0.2) is 53.9 Å². The highest BCUT2D eigenvalue weighted by Crippen LogP contribution is 2.35. The summed E-state index contributed by atoms with van der Waals surface area (Å²) in [5, 5.41) is 7.15. The number of nitrogens with one attached hydrogen (secondary N) is 1. The van der Waals surface area contributed by atoms with Crippen LogP contribution in [0.3, 0.4) is 0 Å². The van der Waals surface area contributed by atoms with Crippen molar-refractivity contribution in [3.63, 3.8) is 0 Å². The van der Waals surface area contributed by atoms with Gasteiger partial charge in [0.05, 0.1) is 0 Å². The first-order valence-corrected chi connectivity index (χ1v) is 8.00. The number of thiophene rings is 1. The third-order valence-electron chi connectivity index (χ3n) is 4.35. The minimum atomic E-state index is 0.452. The molecule has 100 valence electrons. The van der Waals surface area contributed by atoms with Crippen LogP contribution in [-0.2, 0) is 0 Å². The maximum Gasteiger partial charge on any atom is 0.0345 e. The van der Waals surface area contributed by atoms with Crippen molar-refractivity contribution >= 4 is 21.4 Å². The molecule has 2 atom stereocenters. The number of fused-ring (bicyclic) bond motifs is 2. The second-order valence-corrected chi connectivity index (χ2v) is 6.48. The van der Waals surface area contributed by atoms with Crippen molar-refractivity contribution in [1.82, 2.24) is 5.32 Å². The summed E-state index contributed by atoms with van der Waals surface area (Å²) in [6.45, 7) is 3.27. The molecule has 1 aliphatic heterocycles. The first-order chi connectivity index (χ1) is 9.83. The van der Waals surface area contributed by atoms with E-state index in [1.807, 2.05) is 11.3 Å². The smallest absolute Gasteiger partial charge is 0.0345 e. The Morgan fingerprint density at radius 3 is 2.80 bits per heavy atom. The number of rotatable bonds is 1. The van der Waals surface area contributed by atoms with Gasteiger partial charge in [0.2, 0.25) is 0 Å². The molecular formula is C18H17NS. The molecular weight excluding hydrogens is 262 g/mol. The van der Waals surface area contributed by atoms with Crippen LogP contribution in [0, 0.1) is 0 Å². The summed E-state index contributed by atoms with van der Waals surface area (Å²) in [5.74, 6) is 0.467. The van der Waals surface area contributed by atoms with E-state index in [4.69, 9.17) is 0 Å². The van der Waals surface area contributed by atoms with Gasteiger partial charge in [0.15, 0.2) is 0 Å². The lowest BCUT2D eigenvalue weighted by atomic mass is 9.83. The van der Waals surface area contributed by atoms with Crippen LogP contribution in [0.25, 0.3) is 10.1 Å². The Morgan fingerprint density at radius 2 is 1.90 bits per heavy atom. The third kappa shape index (κ3) is 1.88. The molecule has 1 N–H and O–H groups in total. The van der Waals surface area contributed by atoms with Gasteiger partial charge in [-0.1, -0.05) is 36.4 Å². The predicted molar refractivity (Wildman–Crippen MR) is 86.5 cm³/mol. The molecule has 2 heterocycles. The zero-order valence-electron chi connectivity index (χ0n) is 11.5. The van der Waals surface area contributed by atoms with E-state index < -0.39 is 0 Å². The largest absolute Gasteiger partial charge is 0.309 e. The molecule has 0 radical (unpaired) electrons. The Bertz CT molecular complexity index is 759. The summed E-state index contributed by atoms with van der Waals surface area (Å²) >= 11 is 1.83. The lowest BCUT2D eigenvalue weighted by molar-refractivity contribution is 0.508. The van der Waals surface area contributed by atoms with Crippen LogP contribution in [0.2, 0.25) is 0 Å². The monoisotopic (exact) mass is 279 g/mol. The summed E-state index contributed by atoms with van der Waals surface area (Å²) in [5.41, 5.74) is 4.34. The van der Waals surface area contributed by atoms with E-state index in [-0.39, 0.29) is 0 Å². The van der Waals surface area contributed by atoms with Crippen molar-refractivity contribution < 1.29 is 0 Å². The molecule has 2 unspecified atom stereocenters. The fourth-order valence-electron chi connectivity index (χ4n) is 3.22. The van der Waals surface area contributed by atoms with E-state index in [1.54, 1.807) is 0 Å². The molecule has 0 amide bonds. The maximum absolute atomic E-state index is 3.63. The minimum absolute atomic E-state index is 0.452. The average Bonchev–Trinajstić information content (AvgIpc) is 2.95. The van der Waals surface area contributed by atoms with Gasteiger partial charge in [0, 0.05) is 23.2 Å². The van der Waals surface area contributed by atoms with Crippen LogP contribution >= 0.6 is 11.3 Å². The maximum atomic E-state index is 3.63. The average molecular weight is 279 g/mol. The summed E-state index contributed by atoms with van der Waals surface area (Å²) < 4.78 is 1.39. The van der Waals surface area contributed by atoms with Gasteiger partial charge in [0.25, 0.3) is 0 Å². The quantitative estimate of drug-likeness (QED) is 0.681. The van der Waals surface area contributed by atoms with E-state index in [9.17, 15) is 0 Å². The van der Waals surface area contributed by atoms with Crippen LogP contribution in [0.4, 0.5) is 0 Å². The van der Waals surface area contributed by atoms with Gasteiger partial charge >= 0.3 is 0 Å². The van der Waals surface area contributed by atoms with Crippen molar-refractivity contribution in [2.45, 2.75) is 18.9 Å². The second-order valence-electron chi connectivity index (χ2n) is 5.53. The molecule has 0 aliphatic carbocycles. The van der Waals surface area contributed by atoms with Gasteiger partial charge in [-0.3, -0.25) is 0 Å². The zero-order chi connectivity index (χ0) is 13.5. The topological polar surface area (TPSA) is 12.0 Å². The Labute approximate surface area is 123 Å². The summed E-state index contributed by atoms with van der Waals surface area (Å²) in [6, 6.07) is 18.4. The highest BCUT2D eigenvalue weighted by atomic mass is 32.1. The lowest BCUT2D eigenvalue weighted by Gasteiger charge is -2.31. The van der Waals surface area contributed by atoms with Crippen molar-refractivity contribution in [2.75, 3.05) is 6.54 Å². The van der Waals surface area contributed by atoms with Crippen LogP contribution < -0.4 is 5.32 Å². The third-order valence-corrected chi connectivity index (χ3v) is 5.23. The number of hydrogen-bond donors (Lipinski definition) is 1. The van der Waals surface area contributed by atoms with Crippen molar-refractivity contribution in [3.8, 4) is 0 Å². The van der Waals surface area contributed by atoms with Crippen LogP contribution in [0.5, 0.6) is 0 Å². The highest BCUT2D eigenvalue weighted by Gasteiger charge is 2.25. The Morgan fingerprint density at radius 1 is 1.05 bits per heavy atom. The summed E-state index contributed by atoms with van der Waals surface area (Å²) in [6.07, 6.45) is 0. The van der Waals surface area contributed by atoms with Crippen molar-refractivity contribution in [3.05, 3.63) is 70.6 Å². The molecule has 1 aliphatic rings. The van der Waals surface area contributed by atoms with Gasteiger partial charge in [-0.2, -0.15) is 0 Å². The molecule has 2 heteroatoms. The van der Waals surface area contributed by atoms with Crippen molar-refractivity contribution in [2.24, 2.45) is 0 Å². The highest BCUT2D eigenvalue weighted by molar-refractivity contribution is 7.17. The standard InChI is InChI=1S/C18H17NS/c1-12-15-4-2-3-5-16(15)17(11-19-12)14-7-6-13-8-9-20-18(13)10-14/h2-10,12,17,19H,11H2,1H3. The summed E-state index contributed by atoms with van der Waals surface area (Å²) in [4.78, 5) is 0. The molecule has 0 bridgehead atoms. The Kier molecular flexibility index (Phi) is 2.86. The van der Waals surface area contributed by atoms with Crippen molar-refractivity contribution in [1.29, 1.82) is 0 Å². The molecule has 1 nitrogen and oxygen atoms in total. The Balaban J connectivity index is 1.84. The lowest BCUT2D eigenvalue weighted by Crippen LogP contribution is -2.31. The van der Waals surface area contributed by atoms with E-state index in [0.29, 0.717) is 12.0 Å². The van der Waals surface area contributed by atoms with Gasteiger partial charge < -0.3 is 5.32 Å². The van der Waals surface area contributed by atoms with Gasteiger partial charge in [-0.25, -0.2) is 0 Å². The predicted octanol–water partition coefficient (Wildman–Crippen LogP) is 4.70. The molecule has 4 rings (SSSR count). The number of benzene rings is 2. The second kappa shape index (κ2) is 4.72. The van der Waals surface area contributed by atoms with E-state index in [0.717, 1.165) is 6.54 Å². The van der Waals surface area contributed by atoms with Gasteiger partial charge in [-0.05, 0) is 46.5 Å². The molecule has 20 heavy (non-hydrogen) atoms. The number of hydrogen-bond acceptors (Lipinski definition) is 2. The fourth-order valence-corrected chi connectivity index (χ4v) is 4.06. The molecule has 3 aromatic rings. The van der Waals surface area contributed by atoms with E-state index >= 15 is 0 Å². The molecule has 0 spiro atoms. The summed E-state index contributed by atoms with van der Waals surface area (Å²) in [7, 11) is 0. The normalized spacial score (nSPS) is 21.9. The molecule has 2 aromatic carbocycles. The molecule has 0 saturated carbocycles. The molecule has 1 aromatic heterocycles. The first-order valence-electron chi connectivity index (χ1n) is 7.12. The molecule has 0 saturated heterocycles. The fraction of sp³-hybridized carbons (Fsp3) is 0.222. The van der Waals surface area contributed by atoms with Gasteiger partial charge in [0.1, 0.15) is 0 Å². The first kappa shape index (κ1) is 12.1. The molecule has 0 fully saturated rings. The van der Waals surface area contributed by atoms with Gasteiger partial charge in [-0.15, -0.1) is 11.3 Å². The SMILES string of the molecule is CC1NCC(c2ccc3ccsc3c2)c2ccccc21.